The first-order chi connectivity index (χ1) is 13.6. The summed E-state index contributed by atoms with van der Waals surface area (Å²) in [6.07, 6.45) is 4.90. The summed E-state index contributed by atoms with van der Waals surface area (Å²) in [6, 6.07) is 16.3. The molecule has 3 aliphatic rings. The molecule has 3 aliphatic carbocycles. The maximum atomic E-state index is 11.0. The van der Waals surface area contributed by atoms with Crippen LogP contribution >= 0.6 is 0 Å². The summed E-state index contributed by atoms with van der Waals surface area (Å²) >= 11 is 0. The SMILES string of the molecule is C[C@]12CC[C@@H]3c4ccc(O)cc4CC[C@H]3[C@@H]1C(OCc1ccccc1)CC2O. The van der Waals surface area contributed by atoms with Gasteiger partial charge in [-0.25, -0.2) is 0 Å². The maximum Gasteiger partial charge on any atom is 0.115 e. The zero-order chi connectivity index (χ0) is 19.3. The zero-order valence-corrected chi connectivity index (χ0v) is 16.6. The van der Waals surface area contributed by atoms with Gasteiger partial charge in [0.15, 0.2) is 0 Å². The Bertz CT molecular complexity index is 848. The number of hydrogen-bond donors (Lipinski definition) is 2. The average molecular weight is 379 g/mol. The minimum Gasteiger partial charge on any atom is -0.508 e. The summed E-state index contributed by atoms with van der Waals surface area (Å²) in [5.74, 6) is 1.84. The fraction of sp³-hybridized carbons (Fsp3) is 0.520. The molecule has 2 saturated carbocycles. The van der Waals surface area contributed by atoms with Gasteiger partial charge in [-0.2, -0.15) is 0 Å². The molecule has 0 spiro atoms. The van der Waals surface area contributed by atoms with Crippen molar-refractivity contribution < 1.29 is 14.9 Å². The van der Waals surface area contributed by atoms with Crippen molar-refractivity contribution in [2.75, 3.05) is 0 Å². The minimum absolute atomic E-state index is 0.0447. The van der Waals surface area contributed by atoms with Gasteiger partial charge in [0, 0.05) is 6.42 Å². The van der Waals surface area contributed by atoms with E-state index in [-0.39, 0.29) is 17.6 Å². The van der Waals surface area contributed by atoms with Crippen LogP contribution in [0.15, 0.2) is 48.5 Å². The Morgan fingerprint density at radius 3 is 2.75 bits per heavy atom. The molecule has 3 nitrogen and oxygen atoms in total. The van der Waals surface area contributed by atoms with Crippen molar-refractivity contribution in [1.82, 2.24) is 0 Å². The third-order valence-electron chi connectivity index (χ3n) is 7.93. The van der Waals surface area contributed by atoms with Crippen LogP contribution in [0.3, 0.4) is 0 Å². The van der Waals surface area contributed by atoms with Crippen LogP contribution in [0.2, 0.25) is 0 Å². The molecule has 2 N–H and O–H groups in total. The summed E-state index contributed by atoms with van der Waals surface area (Å²) in [6.45, 7) is 2.91. The molecule has 2 aromatic carbocycles. The summed E-state index contributed by atoms with van der Waals surface area (Å²) in [4.78, 5) is 0. The topological polar surface area (TPSA) is 49.7 Å². The van der Waals surface area contributed by atoms with Crippen LogP contribution in [0.25, 0.3) is 0 Å². The highest BCUT2D eigenvalue weighted by Crippen LogP contribution is 2.61. The largest absolute Gasteiger partial charge is 0.508 e. The fourth-order valence-electron chi connectivity index (χ4n) is 6.52. The van der Waals surface area contributed by atoms with E-state index in [1.165, 1.54) is 16.7 Å². The second kappa shape index (κ2) is 6.89. The van der Waals surface area contributed by atoms with E-state index >= 15 is 0 Å². The number of phenolic OH excluding ortho intramolecular Hbond substituents is 1. The van der Waals surface area contributed by atoms with E-state index in [2.05, 4.69) is 37.3 Å². The molecular weight excluding hydrogens is 348 g/mol. The third-order valence-corrected chi connectivity index (χ3v) is 7.93. The number of fused-ring (bicyclic) bond motifs is 5. The van der Waals surface area contributed by atoms with Gasteiger partial charge in [0.1, 0.15) is 5.75 Å². The van der Waals surface area contributed by atoms with Crippen molar-refractivity contribution >= 4 is 0 Å². The molecule has 6 atom stereocenters. The number of hydrogen-bond acceptors (Lipinski definition) is 3. The van der Waals surface area contributed by atoms with Crippen molar-refractivity contribution in [3.63, 3.8) is 0 Å². The fourth-order valence-corrected chi connectivity index (χ4v) is 6.52. The van der Waals surface area contributed by atoms with Gasteiger partial charge in [0.2, 0.25) is 0 Å². The van der Waals surface area contributed by atoms with Crippen LogP contribution in [0.5, 0.6) is 5.75 Å². The Labute approximate surface area is 167 Å². The van der Waals surface area contributed by atoms with Crippen molar-refractivity contribution in [3.8, 4) is 5.75 Å². The summed E-state index contributed by atoms with van der Waals surface area (Å²) in [7, 11) is 0. The lowest BCUT2D eigenvalue weighted by atomic mass is 9.55. The number of aliphatic hydroxyl groups is 1. The highest BCUT2D eigenvalue weighted by Gasteiger charge is 2.59. The highest BCUT2D eigenvalue weighted by molar-refractivity contribution is 5.40. The van der Waals surface area contributed by atoms with Gasteiger partial charge in [-0.05, 0) is 77.7 Å². The molecule has 2 unspecified atom stereocenters. The molecular formula is C25H30O3. The van der Waals surface area contributed by atoms with Crippen LogP contribution in [-0.4, -0.2) is 22.4 Å². The van der Waals surface area contributed by atoms with E-state index in [4.69, 9.17) is 4.74 Å². The first kappa shape index (κ1) is 18.2. The molecule has 3 heteroatoms. The monoisotopic (exact) mass is 378 g/mol. The molecule has 148 valence electrons. The van der Waals surface area contributed by atoms with E-state index in [1.807, 2.05) is 18.2 Å². The quantitative estimate of drug-likeness (QED) is 0.806. The maximum absolute atomic E-state index is 11.0. The van der Waals surface area contributed by atoms with E-state index in [9.17, 15) is 10.2 Å². The van der Waals surface area contributed by atoms with Crippen LogP contribution < -0.4 is 0 Å². The molecule has 0 aromatic heterocycles. The van der Waals surface area contributed by atoms with E-state index in [1.54, 1.807) is 0 Å². The van der Waals surface area contributed by atoms with Gasteiger partial charge in [-0.1, -0.05) is 43.3 Å². The first-order valence-corrected chi connectivity index (χ1v) is 10.7. The van der Waals surface area contributed by atoms with Gasteiger partial charge >= 0.3 is 0 Å². The molecule has 0 radical (unpaired) electrons. The van der Waals surface area contributed by atoms with E-state index in [0.29, 0.717) is 30.1 Å². The molecule has 28 heavy (non-hydrogen) atoms. The predicted molar refractivity (Wildman–Crippen MR) is 109 cm³/mol. The van der Waals surface area contributed by atoms with Gasteiger partial charge in [0.05, 0.1) is 18.8 Å². The van der Waals surface area contributed by atoms with Gasteiger partial charge < -0.3 is 14.9 Å². The summed E-state index contributed by atoms with van der Waals surface area (Å²) < 4.78 is 6.45. The number of benzene rings is 2. The van der Waals surface area contributed by atoms with E-state index < -0.39 is 0 Å². The predicted octanol–water partition coefficient (Wildman–Crippen LogP) is 4.80. The Hall–Kier alpha value is -1.84. The molecule has 0 amide bonds. The Balaban J connectivity index is 1.42. The first-order valence-electron chi connectivity index (χ1n) is 10.7. The van der Waals surface area contributed by atoms with E-state index in [0.717, 1.165) is 32.1 Å². The van der Waals surface area contributed by atoms with Gasteiger partial charge in [-0.15, -0.1) is 0 Å². The Morgan fingerprint density at radius 1 is 1.11 bits per heavy atom. The second-order valence-corrected chi connectivity index (χ2v) is 9.35. The number of rotatable bonds is 3. The highest BCUT2D eigenvalue weighted by atomic mass is 16.5. The standard InChI is InChI=1S/C25H30O3/c1-25-12-11-20-19-10-8-18(26)13-17(19)7-9-21(20)24(25)22(14-23(25)27)28-15-16-5-3-2-4-6-16/h2-6,8,10,13,20-24,26-27H,7,9,11-12,14-15H2,1H3/t20-,21-,22?,23?,24-,25-/m1/s1. The molecule has 2 aromatic rings. The lowest BCUT2D eigenvalue weighted by molar-refractivity contribution is -0.0681. The average Bonchev–Trinajstić information content (AvgIpc) is 2.97. The lowest BCUT2D eigenvalue weighted by Gasteiger charge is -2.51. The number of phenols is 1. The lowest BCUT2D eigenvalue weighted by Crippen LogP contribution is -2.46. The molecule has 0 bridgehead atoms. The Morgan fingerprint density at radius 2 is 1.93 bits per heavy atom. The van der Waals surface area contributed by atoms with Crippen molar-refractivity contribution in [1.29, 1.82) is 0 Å². The van der Waals surface area contributed by atoms with Crippen molar-refractivity contribution in [2.24, 2.45) is 17.3 Å². The molecule has 0 saturated heterocycles. The summed E-state index contributed by atoms with van der Waals surface area (Å²) in [5, 5.41) is 20.8. The number of aromatic hydroxyl groups is 1. The van der Waals surface area contributed by atoms with Crippen molar-refractivity contribution in [2.45, 2.75) is 63.8 Å². The number of ether oxygens (including phenoxy) is 1. The minimum atomic E-state index is -0.277. The smallest absolute Gasteiger partial charge is 0.115 e. The van der Waals surface area contributed by atoms with Crippen molar-refractivity contribution in [3.05, 3.63) is 65.2 Å². The third kappa shape index (κ3) is 2.87. The normalized spacial score (nSPS) is 36.4. The molecule has 2 fully saturated rings. The molecule has 0 heterocycles. The van der Waals surface area contributed by atoms with Crippen LogP contribution in [-0.2, 0) is 17.8 Å². The number of aryl methyl sites for hydroxylation is 1. The number of aliphatic hydroxyl groups excluding tert-OH is 1. The van der Waals surface area contributed by atoms with Crippen LogP contribution in [0, 0.1) is 17.3 Å². The Kier molecular flexibility index (Phi) is 4.48. The van der Waals surface area contributed by atoms with Gasteiger partial charge in [0.25, 0.3) is 0 Å². The molecule has 0 aliphatic heterocycles. The zero-order valence-electron chi connectivity index (χ0n) is 16.6. The second-order valence-electron chi connectivity index (χ2n) is 9.35. The van der Waals surface area contributed by atoms with Crippen LogP contribution in [0.1, 0.15) is 55.2 Å². The molecule has 5 rings (SSSR count). The summed E-state index contributed by atoms with van der Waals surface area (Å²) in [5.41, 5.74) is 3.88. The van der Waals surface area contributed by atoms with Crippen LogP contribution in [0.4, 0.5) is 0 Å². The van der Waals surface area contributed by atoms with Gasteiger partial charge in [-0.3, -0.25) is 0 Å².